The van der Waals surface area contributed by atoms with E-state index in [0.717, 1.165) is 22.8 Å². The molecule has 3 nitrogen and oxygen atoms in total. The number of thioether (sulfide) groups is 1. The summed E-state index contributed by atoms with van der Waals surface area (Å²) in [5.41, 5.74) is 8.41. The summed E-state index contributed by atoms with van der Waals surface area (Å²) in [7, 11) is 0. The second-order valence-corrected chi connectivity index (χ2v) is 6.64. The molecule has 3 rings (SSSR count). The van der Waals surface area contributed by atoms with E-state index in [-0.39, 0.29) is 5.91 Å². The molecule has 1 aromatic heterocycles. The van der Waals surface area contributed by atoms with Gasteiger partial charge in [-0.1, -0.05) is 12.1 Å². The van der Waals surface area contributed by atoms with E-state index >= 15 is 0 Å². The molecule has 19 heavy (non-hydrogen) atoms. The highest BCUT2D eigenvalue weighted by Crippen LogP contribution is 2.32. The Morgan fingerprint density at radius 2 is 2.16 bits per heavy atom. The van der Waals surface area contributed by atoms with Crippen molar-refractivity contribution in [2.24, 2.45) is 0 Å². The van der Waals surface area contributed by atoms with E-state index in [2.05, 4.69) is 5.32 Å². The monoisotopic (exact) mass is 290 g/mol. The second-order valence-electron chi connectivity index (χ2n) is 4.40. The Hall–Kier alpha value is -1.46. The summed E-state index contributed by atoms with van der Waals surface area (Å²) in [6, 6.07) is 9.33. The topological polar surface area (TPSA) is 55.1 Å². The molecule has 5 heteroatoms. The molecule has 0 radical (unpaired) electrons. The standard InChI is InChI=1S/C14H14N2OS2/c15-10-3-1-2-4-11(10)16-14(17)13-7-9-8-18-6-5-12(9)19-13/h1-4,7H,5-6,8,15H2,(H,16,17). The lowest BCUT2D eigenvalue weighted by Crippen LogP contribution is -2.11. The molecule has 1 aliphatic rings. The summed E-state index contributed by atoms with van der Waals surface area (Å²) in [6.45, 7) is 0. The number of amides is 1. The summed E-state index contributed by atoms with van der Waals surface area (Å²) in [5.74, 6) is 2.11. The van der Waals surface area contributed by atoms with Gasteiger partial charge in [-0.15, -0.1) is 11.3 Å². The summed E-state index contributed by atoms with van der Waals surface area (Å²) in [5, 5.41) is 2.88. The highest BCUT2D eigenvalue weighted by molar-refractivity contribution is 7.98. The first kappa shape index (κ1) is 12.6. The Morgan fingerprint density at radius 3 is 2.95 bits per heavy atom. The maximum Gasteiger partial charge on any atom is 0.265 e. The number of rotatable bonds is 2. The number of anilines is 2. The van der Waals surface area contributed by atoms with Crippen molar-refractivity contribution >= 4 is 40.4 Å². The Balaban J connectivity index is 1.81. The van der Waals surface area contributed by atoms with E-state index in [9.17, 15) is 4.79 Å². The van der Waals surface area contributed by atoms with Crippen molar-refractivity contribution in [3.05, 3.63) is 45.6 Å². The molecular formula is C14H14N2OS2. The number of carbonyl (C=O) groups excluding carboxylic acids is 1. The fraction of sp³-hybridized carbons (Fsp3) is 0.214. The van der Waals surface area contributed by atoms with E-state index in [4.69, 9.17) is 5.73 Å². The molecule has 0 unspecified atom stereocenters. The lowest BCUT2D eigenvalue weighted by Gasteiger charge is -2.08. The zero-order chi connectivity index (χ0) is 13.2. The first-order valence-corrected chi connectivity index (χ1v) is 8.06. The van der Waals surface area contributed by atoms with Crippen molar-refractivity contribution in [1.82, 2.24) is 0 Å². The van der Waals surface area contributed by atoms with Crippen LogP contribution < -0.4 is 11.1 Å². The minimum absolute atomic E-state index is 0.0673. The van der Waals surface area contributed by atoms with Crippen molar-refractivity contribution < 1.29 is 4.79 Å². The fourth-order valence-electron chi connectivity index (χ4n) is 2.05. The van der Waals surface area contributed by atoms with Crippen LogP contribution in [0, 0.1) is 0 Å². The van der Waals surface area contributed by atoms with Crippen LogP contribution in [0.2, 0.25) is 0 Å². The van der Waals surface area contributed by atoms with Crippen molar-refractivity contribution in [3.63, 3.8) is 0 Å². The number of para-hydroxylation sites is 2. The van der Waals surface area contributed by atoms with Crippen LogP contribution in [0.1, 0.15) is 20.1 Å². The Kier molecular flexibility index (Phi) is 3.48. The fourth-order valence-corrected chi connectivity index (χ4v) is 4.32. The predicted molar refractivity (Wildman–Crippen MR) is 83.0 cm³/mol. The molecule has 2 heterocycles. The van der Waals surface area contributed by atoms with Gasteiger partial charge in [0.2, 0.25) is 0 Å². The van der Waals surface area contributed by atoms with Crippen LogP contribution in [-0.2, 0) is 12.2 Å². The van der Waals surface area contributed by atoms with E-state index in [1.807, 2.05) is 36.0 Å². The maximum absolute atomic E-state index is 12.2. The minimum Gasteiger partial charge on any atom is -0.397 e. The highest BCUT2D eigenvalue weighted by atomic mass is 32.2. The number of benzene rings is 1. The molecule has 98 valence electrons. The van der Waals surface area contributed by atoms with Crippen LogP contribution in [0.5, 0.6) is 0 Å². The first-order chi connectivity index (χ1) is 9.24. The molecular weight excluding hydrogens is 276 g/mol. The molecule has 1 amide bonds. The molecule has 3 N–H and O–H groups in total. The number of fused-ring (bicyclic) bond motifs is 1. The molecule has 1 aromatic carbocycles. The number of nitrogen functional groups attached to an aromatic ring is 1. The smallest absolute Gasteiger partial charge is 0.265 e. The number of aryl methyl sites for hydroxylation is 1. The van der Waals surface area contributed by atoms with Crippen molar-refractivity contribution in [2.45, 2.75) is 12.2 Å². The molecule has 0 fully saturated rings. The van der Waals surface area contributed by atoms with Crippen LogP contribution in [0.3, 0.4) is 0 Å². The lowest BCUT2D eigenvalue weighted by atomic mass is 10.2. The largest absolute Gasteiger partial charge is 0.397 e. The van der Waals surface area contributed by atoms with Crippen LogP contribution >= 0.6 is 23.1 Å². The van der Waals surface area contributed by atoms with Crippen LogP contribution in [-0.4, -0.2) is 11.7 Å². The van der Waals surface area contributed by atoms with E-state index in [1.54, 1.807) is 17.4 Å². The number of nitrogens with one attached hydrogen (secondary N) is 1. The quantitative estimate of drug-likeness (QED) is 0.834. The average molecular weight is 290 g/mol. The third-order valence-electron chi connectivity index (χ3n) is 3.06. The number of hydrogen-bond acceptors (Lipinski definition) is 4. The van der Waals surface area contributed by atoms with Gasteiger partial charge in [0, 0.05) is 10.6 Å². The number of hydrogen-bond donors (Lipinski definition) is 2. The van der Waals surface area contributed by atoms with Crippen molar-refractivity contribution in [3.8, 4) is 0 Å². The predicted octanol–water partition coefficient (Wildman–Crippen LogP) is 3.37. The second kappa shape index (κ2) is 5.27. The molecule has 1 aliphatic heterocycles. The Bertz CT molecular complexity index is 598. The third-order valence-corrected chi connectivity index (χ3v) is 5.30. The van der Waals surface area contributed by atoms with Crippen molar-refractivity contribution in [2.75, 3.05) is 16.8 Å². The normalized spacial score (nSPS) is 13.9. The van der Waals surface area contributed by atoms with Gasteiger partial charge < -0.3 is 11.1 Å². The van der Waals surface area contributed by atoms with Gasteiger partial charge in [0.15, 0.2) is 0 Å². The molecule has 0 saturated heterocycles. The Morgan fingerprint density at radius 1 is 1.32 bits per heavy atom. The molecule has 0 spiro atoms. The van der Waals surface area contributed by atoms with E-state index in [1.165, 1.54) is 10.4 Å². The zero-order valence-electron chi connectivity index (χ0n) is 10.3. The summed E-state index contributed by atoms with van der Waals surface area (Å²) < 4.78 is 0. The van der Waals surface area contributed by atoms with Gasteiger partial charge in [0.25, 0.3) is 5.91 Å². The van der Waals surface area contributed by atoms with Crippen molar-refractivity contribution in [1.29, 1.82) is 0 Å². The third kappa shape index (κ3) is 2.62. The summed E-state index contributed by atoms with van der Waals surface area (Å²) >= 11 is 3.53. The van der Waals surface area contributed by atoms with Crippen LogP contribution in [0.4, 0.5) is 11.4 Å². The molecule has 0 aliphatic carbocycles. The first-order valence-electron chi connectivity index (χ1n) is 6.09. The molecule has 0 saturated carbocycles. The maximum atomic E-state index is 12.2. The van der Waals surface area contributed by atoms with Crippen LogP contribution in [0.15, 0.2) is 30.3 Å². The summed E-state index contributed by atoms with van der Waals surface area (Å²) in [4.78, 5) is 14.3. The van der Waals surface area contributed by atoms with Gasteiger partial charge in [0.05, 0.1) is 16.3 Å². The van der Waals surface area contributed by atoms with E-state index in [0.29, 0.717) is 11.4 Å². The van der Waals surface area contributed by atoms with Crippen LogP contribution in [0.25, 0.3) is 0 Å². The number of carbonyl (C=O) groups is 1. The van der Waals surface area contributed by atoms with E-state index < -0.39 is 0 Å². The highest BCUT2D eigenvalue weighted by Gasteiger charge is 2.17. The van der Waals surface area contributed by atoms with Gasteiger partial charge in [-0.25, -0.2) is 0 Å². The number of nitrogens with two attached hydrogens (primary N) is 1. The summed E-state index contributed by atoms with van der Waals surface area (Å²) in [6.07, 6.45) is 1.07. The number of thiophene rings is 1. The Labute approximate surface area is 120 Å². The van der Waals surface area contributed by atoms with Gasteiger partial charge >= 0.3 is 0 Å². The molecule has 0 atom stereocenters. The lowest BCUT2D eigenvalue weighted by molar-refractivity contribution is 0.103. The molecule has 0 bridgehead atoms. The zero-order valence-corrected chi connectivity index (χ0v) is 11.9. The molecule has 2 aromatic rings. The van der Waals surface area contributed by atoms with Gasteiger partial charge in [0.1, 0.15) is 0 Å². The van der Waals surface area contributed by atoms with Gasteiger partial charge in [-0.2, -0.15) is 11.8 Å². The van der Waals surface area contributed by atoms with Gasteiger partial charge in [-0.05, 0) is 35.9 Å². The minimum atomic E-state index is -0.0673. The van der Waals surface area contributed by atoms with Gasteiger partial charge in [-0.3, -0.25) is 4.79 Å². The average Bonchev–Trinajstić information content (AvgIpc) is 2.85. The SMILES string of the molecule is Nc1ccccc1NC(=O)c1cc2c(s1)CCSC2.